The van der Waals surface area contributed by atoms with E-state index in [1.54, 1.807) is 30.5 Å². The summed E-state index contributed by atoms with van der Waals surface area (Å²) >= 11 is 0. The van der Waals surface area contributed by atoms with Gasteiger partial charge in [0.15, 0.2) is 15.7 Å². The smallest absolute Gasteiger partial charge is 0.176 e. The number of nitrogens with zero attached hydrogens (tertiary/aromatic N) is 3. The van der Waals surface area contributed by atoms with Crippen molar-refractivity contribution in [3.63, 3.8) is 0 Å². The number of aromatic nitrogens is 2. The molecule has 6 nitrogen and oxygen atoms in total. The number of hydrogen-bond donors (Lipinski definition) is 1. The van der Waals surface area contributed by atoms with Crippen LogP contribution in [0.25, 0.3) is 10.8 Å². The summed E-state index contributed by atoms with van der Waals surface area (Å²) < 4.78 is 23.0. The number of sulfone groups is 1. The van der Waals surface area contributed by atoms with Crippen molar-refractivity contribution in [1.82, 2.24) is 10.2 Å². The number of hydrazone groups is 1. The van der Waals surface area contributed by atoms with Crippen molar-refractivity contribution in [3.8, 4) is 0 Å². The van der Waals surface area contributed by atoms with E-state index in [0.717, 1.165) is 16.3 Å². The molecule has 0 saturated carbocycles. The molecule has 0 aliphatic carbocycles. The largest absolute Gasteiger partial charge is 0.259 e. The summed E-state index contributed by atoms with van der Waals surface area (Å²) in [4.78, 5) is 0.284. The van der Waals surface area contributed by atoms with Crippen LogP contribution in [-0.4, -0.2) is 30.6 Å². The monoisotopic (exact) mass is 340 g/mol. The maximum atomic E-state index is 11.5. The van der Waals surface area contributed by atoms with Crippen LogP contribution in [0.3, 0.4) is 0 Å². The van der Waals surface area contributed by atoms with Crippen LogP contribution in [0.2, 0.25) is 0 Å². The molecule has 0 aliphatic rings. The Hall–Kier alpha value is -2.80. The highest BCUT2D eigenvalue weighted by atomic mass is 32.2. The Morgan fingerprint density at radius 1 is 1.08 bits per heavy atom. The van der Waals surface area contributed by atoms with Crippen molar-refractivity contribution in [1.29, 1.82) is 0 Å². The van der Waals surface area contributed by atoms with Gasteiger partial charge in [-0.25, -0.2) is 8.42 Å². The van der Waals surface area contributed by atoms with E-state index in [2.05, 4.69) is 20.7 Å². The Labute approximate surface area is 140 Å². The molecule has 0 radical (unpaired) electrons. The van der Waals surface area contributed by atoms with Gasteiger partial charge in [0.05, 0.1) is 16.8 Å². The number of hydrogen-bond acceptors (Lipinski definition) is 6. The lowest BCUT2D eigenvalue weighted by molar-refractivity contribution is 0.602. The van der Waals surface area contributed by atoms with Gasteiger partial charge in [-0.15, -0.1) is 5.10 Å². The zero-order valence-electron chi connectivity index (χ0n) is 13.3. The minimum Gasteiger partial charge on any atom is -0.259 e. The van der Waals surface area contributed by atoms with Crippen LogP contribution in [-0.2, 0) is 9.84 Å². The van der Waals surface area contributed by atoms with E-state index in [1.165, 1.54) is 6.26 Å². The van der Waals surface area contributed by atoms with Gasteiger partial charge in [0.2, 0.25) is 0 Å². The fourth-order valence-corrected chi connectivity index (χ4v) is 2.89. The lowest BCUT2D eigenvalue weighted by Gasteiger charge is -2.06. The predicted molar refractivity (Wildman–Crippen MR) is 94.9 cm³/mol. The fraction of sp³-hybridized carbons (Fsp3) is 0.118. The van der Waals surface area contributed by atoms with Crippen LogP contribution in [0.1, 0.15) is 12.5 Å². The van der Waals surface area contributed by atoms with Gasteiger partial charge in [-0.05, 0) is 24.6 Å². The fourth-order valence-electron chi connectivity index (χ4n) is 2.26. The van der Waals surface area contributed by atoms with Gasteiger partial charge in [-0.3, -0.25) is 5.43 Å². The third-order valence-electron chi connectivity index (χ3n) is 3.60. The zero-order valence-corrected chi connectivity index (χ0v) is 14.1. The molecule has 1 aromatic heterocycles. The minimum absolute atomic E-state index is 0.284. The van der Waals surface area contributed by atoms with Crippen molar-refractivity contribution >= 4 is 32.1 Å². The van der Waals surface area contributed by atoms with Gasteiger partial charge >= 0.3 is 0 Å². The molecule has 24 heavy (non-hydrogen) atoms. The van der Waals surface area contributed by atoms with Crippen LogP contribution in [0, 0.1) is 0 Å². The molecular weight excluding hydrogens is 324 g/mol. The Balaban J connectivity index is 1.86. The highest BCUT2D eigenvalue weighted by Gasteiger charge is 2.07. The molecule has 0 amide bonds. The van der Waals surface area contributed by atoms with E-state index in [9.17, 15) is 8.42 Å². The highest BCUT2D eigenvalue weighted by Crippen LogP contribution is 2.19. The molecule has 3 aromatic rings. The van der Waals surface area contributed by atoms with Crippen molar-refractivity contribution in [2.45, 2.75) is 11.8 Å². The Bertz CT molecular complexity index is 1010. The Morgan fingerprint density at radius 3 is 2.50 bits per heavy atom. The van der Waals surface area contributed by atoms with E-state index in [0.29, 0.717) is 11.5 Å². The molecule has 3 rings (SSSR count). The Kier molecular flexibility index (Phi) is 4.26. The third kappa shape index (κ3) is 3.41. The zero-order chi connectivity index (χ0) is 17.2. The molecule has 0 saturated heterocycles. The average Bonchev–Trinajstić information content (AvgIpc) is 2.59. The first-order valence-corrected chi connectivity index (χ1v) is 9.15. The lowest BCUT2D eigenvalue weighted by Crippen LogP contribution is -2.03. The second-order valence-electron chi connectivity index (χ2n) is 5.39. The molecular formula is C17H16N4O2S. The van der Waals surface area contributed by atoms with Crippen LogP contribution in [0.4, 0.5) is 5.82 Å². The topological polar surface area (TPSA) is 84.3 Å². The number of nitrogens with one attached hydrogen (secondary N) is 1. The molecule has 0 spiro atoms. The molecule has 0 atom stereocenters. The van der Waals surface area contributed by atoms with Crippen molar-refractivity contribution in [3.05, 3.63) is 60.3 Å². The van der Waals surface area contributed by atoms with Crippen molar-refractivity contribution < 1.29 is 8.42 Å². The van der Waals surface area contributed by atoms with E-state index >= 15 is 0 Å². The predicted octanol–water partition coefficient (Wildman–Crippen LogP) is 2.87. The molecule has 7 heteroatoms. The maximum Gasteiger partial charge on any atom is 0.176 e. The van der Waals surface area contributed by atoms with Crippen LogP contribution < -0.4 is 5.43 Å². The van der Waals surface area contributed by atoms with Gasteiger partial charge in [0.25, 0.3) is 0 Å². The van der Waals surface area contributed by atoms with E-state index in [4.69, 9.17) is 0 Å². The first-order valence-electron chi connectivity index (χ1n) is 7.26. The average molecular weight is 340 g/mol. The number of rotatable bonds is 4. The first-order chi connectivity index (χ1) is 11.4. The van der Waals surface area contributed by atoms with E-state index < -0.39 is 9.84 Å². The van der Waals surface area contributed by atoms with E-state index in [-0.39, 0.29) is 4.90 Å². The summed E-state index contributed by atoms with van der Waals surface area (Å²) in [6.45, 7) is 1.83. The normalized spacial score (nSPS) is 12.3. The molecule has 0 bridgehead atoms. The van der Waals surface area contributed by atoms with Crippen LogP contribution >= 0.6 is 0 Å². The van der Waals surface area contributed by atoms with Gasteiger partial charge in [0, 0.05) is 17.0 Å². The van der Waals surface area contributed by atoms with Gasteiger partial charge in [0.1, 0.15) is 0 Å². The molecule has 1 heterocycles. The molecule has 0 aliphatic heterocycles. The molecule has 0 fully saturated rings. The maximum absolute atomic E-state index is 11.5. The molecule has 1 N–H and O–H groups in total. The van der Waals surface area contributed by atoms with Crippen LogP contribution in [0.15, 0.2) is 64.7 Å². The third-order valence-corrected chi connectivity index (χ3v) is 4.73. The number of benzene rings is 2. The quantitative estimate of drug-likeness (QED) is 0.583. The Morgan fingerprint density at radius 2 is 1.79 bits per heavy atom. The number of anilines is 1. The molecule has 2 aromatic carbocycles. The SMILES string of the molecule is C/C(=N\Nc1nncc2ccccc12)c1ccc(S(C)(=O)=O)cc1. The number of fused-ring (bicyclic) bond motifs is 1. The summed E-state index contributed by atoms with van der Waals surface area (Å²) in [6, 6.07) is 14.4. The summed E-state index contributed by atoms with van der Waals surface area (Å²) in [5.74, 6) is 0.570. The summed E-state index contributed by atoms with van der Waals surface area (Å²) in [7, 11) is -3.20. The van der Waals surface area contributed by atoms with Crippen molar-refractivity contribution in [2.75, 3.05) is 11.7 Å². The summed E-state index contributed by atoms with van der Waals surface area (Å²) in [5.41, 5.74) is 4.46. The first kappa shape index (κ1) is 16.1. The van der Waals surface area contributed by atoms with Gasteiger partial charge < -0.3 is 0 Å². The van der Waals surface area contributed by atoms with E-state index in [1.807, 2.05) is 31.2 Å². The second-order valence-corrected chi connectivity index (χ2v) is 7.40. The van der Waals surface area contributed by atoms with Crippen LogP contribution in [0.5, 0.6) is 0 Å². The minimum atomic E-state index is -3.20. The van der Waals surface area contributed by atoms with Crippen molar-refractivity contribution in [2.24, 2.45) is 5.10 Å². The standard InChI is InChI=1S/C17H16N4O2S/c1-12(13-7-9-15(10-8-13)24(2,22)23)19-21-17-16-6-4-3-5-14(16)11-18-20-17/h3-11H,1-2H3,(H,20,21)/b19-12+. The van der Waals surface area contributed by atoms with Gasteiger partial charge in [-0.1, -0.05) is 36.4 Å². The molecule has 122 valence electrons. The lowest BCUT2D eigenvalue weighted by atomic mass is 10.1. The summed E-state index contributed by atoms with van der Waals surface area (Å²) in [6.07, 6.45) is 2.88. The molecule has 0 unspecified atom stereocenters. The second kappa shape index (κ2) is 6.37. The van der Waals surface area contributed by atoms with Gasteiger partial charge in [-0.2, -0.15) is 10.2 Å². The highest BCUT2D eigenvalue weighted by molar-refractivity contribution is 7.90. The summed E-state index contributed by atoms with van der Waals surface area (Å²) in [5, 5.41) is 14.2.